The molecule has 1 amide bonds. The fourth-order valence-electron chi connectivity index (χ4n) is 1.86. The van der Waals surface area contributed by atoms with Gasteiger partial charge in [-0.2, -0.15) is 5.26 Å². The van der Waals surface area contributed by atoms with Crippen molar-refractivity contribution in [3.8, 4) is 18.4 Å². The highest BCUT2D eigenvalue weighted by molar-refractivity contribution is 5.97. The summed E-state index contributed by atoms with van der Waals surface area (Å²) in [4.78, 5) is 13.3. The highest BCUT2D eigenvalue weighted by Gasteiger charge is 2.30. The molecule has 1 aliphatic heterocycles. The molecule has 1 heterocycles. The Labute approximate surface area is 94.3 Å². The van der Waals surface area contributed by atoms with Gasteiger partial charge in [0.2, 0.25) is 5.91 Å². The van der Waals surface area contributed by atoms with E-state index in [0.717, 1.165) is 0 Å². The monoisotopic (exact) mass is 210 g/mol. The van der Waals surface area contributed by atoms with E-state index < -0.39 is 0 Å². The predicted octanol–water partition coefficient (Wildman–Crippen LogP) is 1.54. The maximum Gasteiger partial charge on any atom is 0.228 e. The number of rotatable bonds is 1. The predicted molar refractivity (Wildman–Crippen MR) is 60.5 cm³/mol. The average molecular weight is 210 g/mol. The first kappa shape index (κ1) is 10.3. The highest BCUT2D eigenvalue weighted by atomic mass is 16.2. The molecule has 3 heteroatoms. The first-order valence-corrected chi connectivity index (χ1v) is 5.02. The summed E-state index contributed by atoms with van der Waals surface area (Å²) in [7, 11) is 0. The van der Waals surface area contributed by atoms with Crippen molar-refractivity contribution in [2.75, 3.05) is 11.4 Å². The van der Waals surface area contributed by atoms with Gasteiger partial charge in [0, 0.05) is 18.9 Å². The Morgan fingerprint density at radius 2 is 2.19 bits per heavy atom. The summed E-state index contributed by atoms with van der Waals surface area (Å²) in [6, 6.07) is 9.14. The van der Waals surface area contributed by atoms with Crippen LogP contribution in [0.15, 0.2) is 24.3 Å². The van der Waals surface area contributed by atoms with Crippen LogP contribution in [0.3, 0.4) is 0 Å². The molecule has 1 aromatic rings. The van der Waals surface area contributed by atoms with Crippen LogP contribution < -0.4 is 4.90 Å². The summed E-state index contributed by atoms with van der Waals surface area (Å²) in [6.45, 7) is 0.508. The van der Waals surface area contributed by atoms with E-state index in [1.807, 2.05) is 6.07 Å². The summed E-state index contributed by atoms with van der Waals surface area (Å²) in [6.07, 6.45) is 5.68. The second-order valence-corrected chi connectivity index (χ2v) is 3.70. The molecule has 1 fully saturated rings. The number of benzene rings is 1. The Bertz CT molecular complexity index is 507. The molecule has 16 heavy (non-hydrogen) atoms. The summed E-state index contributed by atoms with van der Waals surface area (Å²) >= 11 is 0. The number of amides is 1. The van der Waals surface area contributed by atoms with E-state index in [1.54, 1.807) is 23.1 Å². The molecule has 78 valence electrons. The zero-order valence-electron chi connectivity index (χ0n) is 8.68. The smallest absolute Gasteiger partial charge is 0.228 e. The van der Waals surface area contributed by atoms with E-state index in [-0.39, 0.29) is 11.8 Å². The van der Waals surface area contributed by atoms with Crippen LogP contribution in [0, 0.1) is 29.6 Å². The van der Waals surface area contributed by atoms with Gasteiger partial charge in [0.25, 0.3) is 0 Å². The second kappa shape index (κ2) is 4.08. The van der Waals surface area contributed by atoms with Gasteiger partial charge in [-0.3, -0.25) is 4.79 Å². The summed E-state index contributed by atoms with van der Waals surface area (Å²) < 4.78 is 0. The first-order valence-electron chi connectivity index (χ1n) is 5.02. The van der Waals surface area contributed by atoms with E-state index >= 15 is 0 Å². The van der Waals surface area contributed by atoms with Gasteiger partial charge in [-0.25, -0.2) is 0 Å². The zero-order valence-corrected chi connectivity index (χ0v) is 8.68. The fraction of sp³-hybridized carbons (Fsp3) is 0.231. The first-order chi connectivity index (χ1) is 7.76. The third-order valence-electron chi connectivity index (χ3n) is 2.68. The number of nitriles is 1. The number of anilines is 1. The molecule has 1 unspecified atom stereocenters. The van der Waals surface area contributed by atoms with Crippen LogP contribution in [-0.2, 0) is 4.79 Å². The van der Waals surface area contributed by atoms with Gasteiger partial charge < -0.3 is 4.90 Å². The van der Waals surface area contributed by atoms with Gasteiger partial charge in [-0.15, -0.1) is 12.3 Å². The SMILES string of the molecule is C#CC1CC(=O)N(c2ccccc2C#N)C1. The minimum absolute atomic E-state index is 0.00866. The van der Waals surface area contributed by atoms with Crippen molar-refractivity contribution in [3.63, 3.8) is 0 Å². The average Bonchev–Trinajstić information content (AvgIpc) is 2.70. The second-order valence-electron chi connectivity index (χ2n) is 3.70. The van der Waals surface area contributed by atoms with Crippen molar-refractivity contribution in [2.45, 2.75) is 6.42 Å². The molecule has 0 spiro atoms. The Balaban J connectivity index is 2.36. The number of carbonyl (C=O) groups is 1. The Morgan fingerprint density at radius 1 is 1.44 bits per heavy atom. The van der Waals surface area contributed by atoms with Crippen LogP contribution in [0.1, 0.15) is 12.0 Å². The maximum absolute atomic E-state index is 11.7. The standard InChI is InChI=1S/C13H10N2O/c1-2-10-7-13(16)15(9-10)12-6-4-3-5-11(12)8-14/h1,3-6,10H,7,9H2. The number of carbonyl (C=O) groups excluding carboxylic acids is 1. The lowest BCUT2D eigenvalue weighted by Gasteiger charge is -2.16. The molecule has 1 atom stereocenters. The Hall–Kier alpha value is -2.26. The number of terminal acetylenes is 1. The van der Waals surface area contributed by atoms with Crippen LogP contribution in [0.25, 0.3) is 0 Å². The number of nitrogens with zero attached hydrogens (tertiary/aromatic N) is 2. The number of hydrogen-bond donors (Lipinski definition) is 0. The summed E-state index contributed by atoms with van der Waals surface area (Å²) in [5.41, 5.74) is 1.17. The molecule has 1 aromatic carbocycles. The molecule has 2 rings (SSSR count). The minimum atomic E-state index is -0.0424. The zero-order chi connectivity index (χ0) is 11.5. The van der Waals surface area contributed by atoms with Gasteiger partial charge in [0.1, 0.15) is 6.07 Å². The quantitative estimate of drug-likeness (QED) is 0.660. The minimum Gasteiger partial charge on any atom is -0.310 e. The topological polar surface area (TPSA) is 44.1 Å². The molecule has 0 bridgehead atoms. The van der Waals surface area contributed by atoms with E-state index in [0.29, 0.717) is 24.2 Å². The van der Waals surface area contributed by atoms with Crippen LogP contribution in [0.5, 0.6) is 0 Å². The van der Waals surface area contributed by atoms with Gasteiger partial charge in [0.05, 0.1) is 11.3 Å². The van der Waals surface area contributed by atoms with Crippen LogP contribution in [0.4, 0.5) is 5.69 Å². The van der Waals surface area contributed by atoms with Crippen LogP contribution in [-0.4, -0.2) is 12.5 Å². The van der Waals surface area contributed by atoms with Crippen molar-refractivity contribution in [1.29, 1.82) is 5.26 Å². The molecule has 0 saturated carbocycles. The molecule has 0 N–H and O–H groups in total. The third-order valence-corrected chi connectivity index (χ3v) is 2.68. The number of para-hydroxylation sites is 1. The summed E-state index contributed by atoms with van der Waals surface area (Å²) in [5, 5.41) is 8.96. The van der Waals surface area contributed by atoms with E-state index in [1.165, 1.54) is 0 Å². The number of hydrogen-bond acceptors (Lipinski definition) is 2. The van der Waals surface area contributed by atoms with Gasteiger partial charge in [-0.05, 0) is 12.1 Å². The fourth-order valence-corrected chi connectivity index (χ4v) is 1.86. The Morgan fingerprint density at radius 3 is 2.81 bits per heavy atom. The summed E-state index contributed by atoms with van der Waals surface area (Å²) in [5.74, 6) is 2.54. The molecule has 0 radical (unpaired) electrons. The molecule has 1 aliphatic rings. The molecular formula is C13H10N2O. The lowest BCUT2D eigenvalue weighted by atomic mass is 10.1. The molecule has 3 nitrogen and oxygen atoms in total. The van der Waals surface area contributed by atoms with E-state index in [4.69, 9.17) is 11.7 Å². The highest BCUT2D eigenvalue weighted by Crippen LogP contribution is 2.27. The molecule has 0 aromatic heterocycles. The van der Waals surface area contributed by atoms with Crippen molar-refractivity contribution in [2.24, 2.45) is 5.92 Å². The Kier molecular flexibility index (Phi) is 2.62. The lowest BCUT2D eigenvalue weighted by molar-refractivity contribution is -0.117. The normalized spacial score (nSPS) is 19.2. The van der Waals surface area contributed by atoms with Crippen LogP contribution in [0.2, 0.25) is 0 Å². The lowest BCUT2D eigenvalue weighted by Crippen LogP contribution is -2.25. The van der Waals surface area contributed by atoms with Gasteiger partial charge in [0.15, 0.2) is 0 Å². The van der Waals surface area contributed by atoms with E-state index in [9.17, 15) is 4.79 Å². The maximum atomic E-state index is 11.7. The molecular weight excluding hydrogens is 200 g/mol. The van der Waals surface area contributed by atoms with Gasteiger partial charge >= 0.3 is 0 Å². The van der Waals surface area contributed by atoms with Crippen molar-refractivity contribution in [3.05, 3.63) is 29.8 Å². The van der Waals surface area contributed by atoms with E-state index in [2.05, 4.69) is 12.0 Å². The van der Waals surface area contributed by atoms with Gasteiger partial charge in [-0.1, -0.05) is 12.1 Å². The van der Waals surface area contributed by atoms with Crippen molar-refractivity contribution < 1.29 is 4.79 Å². The molecule has 0 aliphatic carbocycles. The van der Waals surface area contributed by atoms with Crippen molar-refractivity contribution in [1.82, 2.24) is 0 Å². The van der Waals surface area contributed by atoms with Crippen LogP contribution >= 0.6 is 0 Å². The third kappa shape index (κ3) is 1.64. The molecule has 1 saturated heterocycles. The van der Waals surface area contributed by atoms with Crippen molar-refractivity contribution >= 4 is 11.6 Å². The largest absolute Gasteiger partial charge is 0.310 e.